The van der Waals surface area contributed by atoms with Crippen molar-refractivity contribution in [3.05, 3.63) is 65.1 Å². The lowest BCUT2D eigenvalue weighted by Gasteiger charge is -2.10. The number of nitrogens with one attached hydrogen (secondary N) is 2. The van der Waals surface area contributed by atoms with E-state index < -0.39 is 5.82 Å². The Kier molecular flexibility index (Phi) is 5.25. The van der Waals surface area contributed by atoms with Gasteiger partial charge in [-0.15, -0.1) is 5.10 Å². The maximum Gasteiger partial charge on any atom is 0.249 e. The first-order valence-electron chi connectivity index (χ1n) is 7.43. The molecule has 0 spiro atoms. The van der Waals surface area contributed by atoms with Crippen molar-refractivity contribution in [2.75, 3.05) is 17.7 Å². The predicted molar refractivity (Wildman–Crippen MR) is 94.8 cm³/mol. The number of ether oxygens (including phenoxy) is 1. The van der Waals surface area contributed by atoms with Crippen LogP contribution in [0.1, 0.15) is 5.56 Å². The third-order valence-corrected chi connectivity index (χ3v) is 3.68. The van der Waals surface area contributed by atoms with Crippen LogP contribution in [-0.4, -0.2) is 22.3 Å². The molecule has 0 aliphatic rings. The van der Waals surface area contributed by atoms with Gasteiger partial charge in [0, 0.05) is 17.8 Å². The van der Waals surface area contributed by atoms with E-state index in [9.17, 15) is 4.39 Å². The van der Waals surface area contributed by atoms with Crippen molar-refractivity contribution in [3.63, 3.8) is 0 Å². The number of aromatic nitrogens is 3. The first-order valence-corrected chi connectivity index (χ1v) is 7.81. The largest absolute Gasteiger partial charge is 0.496 e. The molecule has 0 amide bonds. The molecule has 128 valence electrons. The SMILES string of the molecule is COc1ccccc1CNc1cnnc(Nc2ccc(F)c(Cl)c2)n1. The zero-order valence-electron chi connectivity index (χ0n) is 13.3. The van der Waals surface area contributed by atoms with E-state index in [1.807, 2.05) is 24.3 Å². The molecule has 2 aromatic carbocycles. The molecule has 1 heterocycles. The summed E-state index contributed by atoms with van der Waals surface area (Å²) in [5.41, 5.74) is 1.55. The van der Waals surface area contributed by atoms with Crippen LogP contribution < -0.4 is 15.4 Å². The summed E-state index contributed by atoms with van der Waals surface area (Å²) >= 11 is 5.76. The van der Waals surface area contributed by atoms with Crippen molar-refractivity contribution in [1.82, 2.24) is 15.2 Å². The summed E-state index contributed by atoms with van der Waals surface area (Å²) in [5, 5.41) is 13.9. The monoisotopic (exact) mass is 359 g/mol. The molecule has 0 aliphatic heterocycles. The van der Waals surface area contributed by atoms with Crippen molar-refractivity contribution in [3.8, 4) is 5.75 Å². The molecule has 25 heavy (non-hydrogen) atoms. The van der Waals surface area contributed by atoms with E-state index in [-0.39, 0.29) is 11.0 Å². The highest BCUT2D eigenvalue weighted by Crippen LogP contribution is 2.22. The molecule has 0 bridgehead atoms. The lowest BCUT2D eigenvalue weighted by molar-refractivity contribution is 0.410. The molecule has 3 rings (SSSR count). The highest BCUT2D eigenvalue weighted by molar-refractivity contribution is 6.31. The normalized spacial score (nSPS) is 10.4. The minimum absolute atomic E-state index is 0.0170. The Balaban J connectivity index is 1.70. The average Bonchev–Trinajstić information content (AvgIpc) is 2.63. The Labute approximate surface area is 149 Å². The van der Waals surface area contributed by atoms with E-state index >= 15 is 0 Å². The molecule has 6 nitrogen and oxygen atoms in total. The first kappa shape index (κ1) is 16.9. The molecule has 0 fully saturated rings. The summed E-state index contributed by atoms with van der Waals surface area (Å²) in [6.45, 7) is 0.518. The van der Waals surface area contributed by atoms with Crippen molar-refractivity contribution in [1.29, 1.82) is 0 Å². The smallest absolute Gasteiger partial charge is 0.249 e. The molecule has 0 radical (unpaired) electrons. The summed E-state index contributed by atoms with van der Waals surface area (Å²) in [4.78, 5) is 4.32. The molecule has 0 atom stereocenters. The third kappa shape index (κ3) is 4.33. The number of anilines is 3. The molecular formula is C17H15ClFN5O. The zero-order valence-corrected chi connectivity index (χ0v) is 14.1. The zero-order chi connectivity index (χ0) is 17.6. The van der Waals surface area contributed by atoms with E-state index in [0.29, 0.717) is 18.1 Å². The maximum absolute atomic E-state index is 13.2. The number of hydrogen-bond acceptors (Lipinski definition) is 6. The molecule has 2 N–H and O–H groups in total. The minimum Gasteiger partial charge on any atom is -0.496 e. The molecular weight excluding hydrogens is 345 g/mol. The van der Waals surface area contributed by atoms with Crippen LogP contribution in [0.2, 0.25) is 5.02 Å². The van der Waals surface area contributed by atoms with Crippen LogP contribution in [0.5, 0.6) is 5.75 Å². The van der Waals surface area contributed by atoms with Crippen LogP contribution >= 0.6 is 11.6 Å². The van der Waals surface area contributed by atoms with Gasteiger partial charge in [-0.05, 0) is 24.3 Å². The van der Waals surface area contributed by atoms with Gasteiger partial charge in [0.2, 0.25) is 5.95 Å². The van der Waals surface area contributed by atoms with Crippen LogP contribution in [0, 0.1) is 5.82 Å². The summed E-state index contributed by atoms with van der Waals surface area (Å²) in [7, 11) is 1.63. The van der Waals surface area contributed by atoms with Crippen LogP contribution in [-0.2, 0) is 6.54 Å². The van der Waals surface area contributed by atoms with Crippen LogP contribution in [0.3, 0.4) is 0 Å². The second-order valence-electron chi connectivity index (χ2n) is 5.08. The number of methoxy groups -OCH3 is 1. The maximum atomic E-state index is 13.2. The number of nitrogens with zero attached hydrogens (tertiary/aromatic N) is 3. The minimum atomic E-state index is -0.488. The number of rotatable bonds is 6. The van der Waals surface area contributed by atoms with Gasteiger partial charge in [0.1, 0.15) is 11.6 Å². The molecule has 0 saturated heterocycles. The topological polar surface area (TPSA) is 72.0 Å². The van der Waals surface area contributed by atoms with Gasteiger partial charge < -0.3 is 15.4 Å². The van der Waals surface area contributed by atoms with Gasteiger partial charge in [0.25, 0.3) is 0 Å². The van der Waals surface area contributed by atoms with Crippen LogP contribution in [0.4, 0.5) is 21.8 Å². The Hall–Kier alpha value is -2.93. The van der Waals surface area contributed by atoms with Gasteiger partial charge in [-0.1, -0.05) is 29.8 Å². The van der Waals surface area contributed by atoms with E-state index in [4.69, 9.17) is 16.3 Å². The number of hydrogen-bond donors (Lipinski definition) is 2. The fourth-order valence-corrected chi connectivity index (χ4v) is 2.36. The molecule has 8 heteroatoms. The van der Waals surface area contributed by atoms with Crippen molar-refractivity contribution < 1.29 is 9.13 Å². The highest BCUT2D eigenvalue weighted by Gasteiger charge is 2.06. The Morgan fingerprint density at radius 2 is 2.04 bits per heavy atom. The van der Waals surface area contributed by atoms with Gasteiger partial charge in [-0.2, -0.15) is 10.1 Å². The number of halogens is 2. The van der Waals surface area contributed by atoms with E-state index in [1.165, 1.54) is 18.3 Å². The van der Waals surface area contributed by atoms with Gasteiger partial charge in [-0.25, -0.2) is 4.39 Å². The van der Waals surface area contributed by atoms with Gasteiger partial charge >= 0.3 is 0 Å². The molecule has 3 aromatic rings. The van der Waals surface area contributed by atoms with E-state index in [0.717, 1.165) is 11.3 Å². The first-order chi connectivity index (χ1) is 12.2. The second-order valence-corrected chi connectivity index (χ2v) is 5.49. The summed E-state index contributed by atoms with van der Waals surface area (Å²) in [6.07, 6.45) is 1.51. The fourth-order valence-electron chi connectivity index (χ4n) is 2.18. The molecule has 1 aromatic heterocycles. The summed E-state index contributed by atoms with van der Waals surface area (Å²) in [5.74, 6) is 1.11. The molecule has 0 unspecified atom stereocenters. The Bertz CT molecular complexity index is 877. The van der Waals surface area contributed by atoms with Crippen molar-refractivity contribution in [2.24, 2.45) is 0 Å². The fraction of sp³-hybridized carbons (Fsp3) is 0.118. The van der Waals surface area contributed by atoms with Crippen LogP contribution in [0.25, 0.3) is 0 Å². The van der Waals surface area contributed by atoms with Crippen LogP contribution in [0.15, 0.2) is 48.7 Å². The van der Waals surface area contributed by atoms with Crippen molar-refractivity contribution in [2.45, 2.75) is 6.54 Å². The number of para-hydroxylation sites is 1. The molecule has 0 saturated carbocycles. The lowest BCUT2D eigenvalue weighted by Crippen LogP contribution is -2.06. The lowest BCUT2D eigenvalue weighted by atomic mass is 10.2. The predicted octanol–water partition coefficient (Wildman–Crippen LogP) is 4.03. The Morgan fingerprint density at radius 1 is 1.20 bits per heavy atom. The molecule has 0 aliphatic carbocycles. The summed E-state index contributed by atoms with van der Waals surface area (Å²) < 4.78 is 18.5. The quantitative estimate of drug-likeness (QED) is 0.692. The Morgan fingerprint density at radius 3 is 2.84 bits per heavy atom. The van der Waals surface area contributed by atoms with E-state index in [1.54, 1.807) is 13.2 Å². The second kappa shape index (κ2) is 7.76. The van der Waals surface area contributed by atoms with Gasteiger partial charge in [0.15, 0.2) is 5.82 Å². The number of benzene rings is 2. The summed E-state index contributed by atoms with van der Waals surface area (Å²) in [6, 6.07) is 11.9. The standard InChI is InChI=1S/C17H15ClFN5O/c1-25-15-5-3-2-4-11(15)9-20-16-10-21-24-17(23-16)22-12-6-7-14(19)13(18)8-12/h2-8,10H,9H2,1H3,(H2,20,22,23,24). The van der Waals surface area contributed by atoms with Crippen molar-refractivity contribution >= 4 is 29.1 Å². The van der Waals surface area contributed by atoms with Gasteiger partial charge in [-0.3, -0.25) is 0 Å². The average molecular weight is 360 g/mol. The van der Waals surface area contributed by atoms with E-state index in [2.05, 4.69) is 25.8 Å². The highest BCUT2D eigenvalue weighted by atomic mass is 35.5. The third-order valence-electron chi connectivity index (χ3n) is 3.39. The van der Waals surface area contributed by atoms with Gasteiger partial charge in [0.05, 0.1) is 18.3 Å².